The van der Waals surface area contributed by atoms with Gasteiger partial charge in [-0.1, -0.05) is 26.2 Å². The van der Waals surface area contributed by atoms with Crippen molar-refractivity contribution >= 4 is 37.0 Å². The Balaban J connectivity index is 2.48. The molecule has 20 heavy (non-hydrogen) atoms. The lowest BCUT2D eigenvalue weighted by Crippen LogP contribution is -2.25. The van der Waals surface area contributed by atoms with Gasteiger partial charge in [-0.05, 0) is 25.5 Å². The predicted octanol–water partition coefficient (Wildman–Crippen LogP) is 3.82. The highest BCUT2D eigenvalue weighted by molar-refractivity contribution is 8.15. The highest BCUT2D eigenvalue weighted by Gasteiger charge is 2.17. The van der Waals surface area contributed by atoms with Crippen LogP contribution in [-0.4, -0.2) is 14.3 Å². The molecule has 1 amide bonds. The van der Waals surface area contributed by atoms with E-state index in [-0.39, 0.29) is 16.2 Å². The molecule has 1 heterocycles. The minimum Gasteiger partial charge on any atom is -0.349 e. The molecule has 0 aliphatic rings. The van der Waals surface area contributed by atoms with Crippen molar-refractivity contribution in [1.82, 2.24) is 5.32 Å². The molecule has 114 valence electrons. The van der Waals surface area contributed by atoms with Crippen LogP contribution >= 0.6 is 22.0 Å². The lowest BCUT2D eigenvalue weighted by molar-refractivity contribution is -0.121. The average molecular weight is 338 g/mol. The van der Waals surface area contributed by atoms with Crippen molar-refractivity contribution < 1.29 is 13.2 Å². The molecule has 1 unspecified atom stereocenters. The molecule has 0 saturated carbocycles. The summed E-state index contributed by atoms with van der Waals surface area (Å²) in [4.78, 5) is 12.5. The first-order valence-corrected chi connectivity index (χ1v) is 9.81. The second-order valence-electron chi connectivity index (χ2n) is 4.69. The van der Waals surface area contributed by atoms with Crippen molar-refractivity contribution in [2.75, 3.05) is 0 Å². The molecule has 1 N–H and O–H groups in total. The van der Waals surface area contributed by atoms with E-state index in [4.69, 9.17) is 10.7 Å². The van der Waals surface area contributed by atoms with E-state index in [2.05, 4.69) is 12.2 Å². The van der Waals surface area contributed by atoms with Gasteiger partial charge < -0.3 is 5.32 Å². The molecule has 1 aromatic rings. The molecule has 4 nitrogen and oxygen atoms in total. The Bertz CT molecular complexity index is 540. The number of nitrogens with one attached hydrogen (secondary N) is 1. The Hall–Kier alpha value is -0.590. The van der Waals surface area contributed by atoms with E-state index < -0.39 is 9.05 Å². The molecule has 1 rings (SSSR count). The van der Waals surface area contributed by atoms with Crippen LogP contribution < -0.4 is 5.32 Å². The summed E-state index contributed by atoms with van der Waals surface area (Å²) in [5.41, 5.74) is 0. The molecule has 0 saturated heterocycles. The van der Waals surface area contributed by atoms with E-state index in [1.54, 1.807) is 6.07 Å². The molecule has 1 atom stereocenters. The first-order valence-electron chi connectivity index (χ1n) is 6.68. The summed E-state index contributed by atoms with van der Waals surface area (Å²) in [6.07, 6.45) is 4.74. The fourth-order valence-electron chi connectivity index (χ4n) is 1.80. The highest BCUT2D eigenvalue weighted by atomic mass is 35.7. The van der Waals surface area contributed by atoms with E-state index >= 15 is 0 Å². The summed E-state index contributed by atoms with van der Waals surface area (Å²) >= 11 is 1.09. The van der Waals surface area contributed by atoms with Gasteiger partial charge in [0.2, 0.25) is 5.91 Å². The summed E-state index contributed by atoms with van der Waals surface area (Å²) < 4.78 is 22.5. The van der Waals surface area contributed by atoms with Gasteiger partial charge in [-0.15, -0.1) is 11.3 Å². The van der Waals surface area contributed by atoms with Crippen LogP contribution in [-0.2, 0) is 13.8 Å². The highest BCUT2D eigenvalue weighted by Crippen LogP contribution is 2.28. The Kier molecular flexibility index (Phi) is 6.99. The van der Waals surface area contributed by atoms with Gasteiger partial charge in [0.15, 0.2) is 0 Å². The van der Waals surface area contributed by atoms with Crippen molar-refractivity contribution in [3.8, 4) is 0 Å². The monoisotopic (exact) mass is 337 g/mol. The quantitative estimate of drug-likeness (QED) is 0.579. The number of thiophene rings is 1. The standard InChI is InChI=1S/C13H20ClNO3S2/c1-3-4-5-6-7-12(16)15-10(2)11-8-9-13(19-11)20(14,17)18/h8-10H,3-7H2,1-2H3,(H,15,16). The summed E-state index contributed by atoms with van der Waals surface area (Å²) in [7, 11) is 1.59. The zero-order valence-electron chi connectivity index (χ0n) is 11.7. The van der Waals surface area contributed by atoms with Crippen LogP contribution in [0.5, 0.6) is 0 Å². The van der Waals surface area contributed by atoms with Crippen LogP contribution in [0.3, 0.4) is 0 Å². The lowest BCUT2D eigenvalue weighted by Gasteiger charge is -2.12. The Morgan fingerprint density at radius 2 is 2.05 bits per heavy atom. The van der Waals surface area contributed by atoms with Crippen molar-refractivity contribution in [2.24, 2.45) is 0 Å². The molecule has 0 spiro atoms. The maximum Gasteiger partial charge on any atom is 0.270 e. The first kappa shape index (κ1) is 17.5. The van der Waals surface area contributed by atoms with E-state index in [0.29, 0.717) is 6.42 Å². The fraction of sp³-hybridized carbons (Fsp3) is 0.615. The molecule has 1 aromatic heterocycles. The molecule has 0 aliphatic carbocycles. The van der Waals surface area contributed by atoms with Crippen molar-refractivity contribution in [3.63, 3.8) is 0 Å². The maximum atomic E-state index is 11.7. The number of unbranched alkanes of at least 4 members (excludes halogenated alkanes) is 3. The van der Waals surface area contributed by atoms with Gasteiger partial charge in [0, 0.05) is 22.0 Å². The molecule has 7 heteroatoms. The van der Waals surface area contributed by atoms with E-state index in [1.165, 1.54) is 6.07 Å². The van der Waals surface area contributed by atoms with Crippen LogP contribution in [0.15, 0.2) is 16.3 Å². The third-order valence-electron chi connectivity index (χ3n) is 2.90. The molecule has 0 bridgehead atoms. The number of halogens is 1. The largest absolute Gasteiger partial charge is 0.349 e. The number of amides is 1. The van der Waals surface area contributed by atoms with E-state index in [9.17, 15) is 13.2 Å². The summed E-state index contributed by atoms with van der Waals surface area (Å²) in [6, 6.07) is 2.94. The van der Waals surface area contributed by atoms with Gasteiger partial charge in [0.05, 0.1) is 6.04 Å². The maximum absolute atomic E-state index is 11.7. The van der Waals surface area contributed by atoms with Crippen LogP contribution in [0.1, 0.15) is 56.9 Å². The van der Waals surface area contributed by atoms with Crippen LogP contribution in [0.2, 0.25) is 0 Å². The van der Waals surface area contributed by atoms with Crippen molar-refractivity contribution in [2.45, 2.75) is 56.2 Å². The normalized spacial score (nSPS) is 13.2. The summed E-state index contributed by atoms with van der Waals surface area (Å²) in [6.45, 7) is 3.96. The van der Waals surface area contributed by atoms with Crippen LogP contribution in [0, 0.1) is 0 Å². The van der Waals surface area contributed by atoms with Crippen LogP contribution in [0.25, 0.3) is 0 Å². The van der Waals surface area contributed by atoms with Gasteiger partial charge in [-0.2, -0.15) is 0 Å². The van der Waals surface area contributed by atoms with Gasteiger partial charge in [0.1, 0.15) is 4.21 Å². The van der Waals surface area contributed by atoms with E-state index in [0.717, 1.165) is 41.9 Å². The SMILES string of the molecule is CCCCCCC(=O)NC(C)c1ccc(S(=O)(=O)Cl)s1. The Morgan fingerprint density at radius 3 is 2.60 bits per heavy atom. The zero-order valence-corrected chi connectivity index (χ0v) is 14.1. The van der Waals surface area contributed by atoms with Gasteiger partial charge >= 0.3 is 0 Å². The molecule has 0 aliphatic heterocycles. The van der Waals surface area contributed by atoms with Gasteiger partial charge in [0.25, 0.3) is 9.05 Å². The third kappa shape index (κ3) is 5.81. The number of rotatable bonds is 8. The van der Waals surface area contributed by atoms with Gasteiger partial charge in [-0.25, -0.2) is 8.42 Å². The molecule has 0 fully saturated rings. The number of hydrogen-bond acceptors (Lipinski definition) is 4. The van der Waals surface area contributed by atoms with Crippen LogP contribution in [0.4, 0.5) is 0 Å². The van der Waals surface area contributed by atoms with E-state index in [1.807, 2.05) is 6.92 Å². The zero-order chi connectivity index (χ0) is 15.2. The van der Waals surface area contributed by atoms with Crippen molar-refractivity contribution in [1.29, 1.82) is 0 Å². The topological polar surface area (TPSA) is 63.2 Å². The molecular weight excluding hydrogens is 318 g/mol. The smallest absolute Gasteiger partial charge is 0.270 e. The summed E-state index contributed by atoms with van der Waals surface area (Å²) in [5, 5.41) is 2.87. The van der Waals surface area contributed by atoms with Crippen molar-refractivity contribution in [3.05, 3.63) is 17.0 Å². The molecule has 0 aromatic carbocycles. The first-order chi connectivity index (χ1) is 9.34. The molecule has 0 radical (unpaired) electrons. The third-order valence-corrected chi connectivity index (χ3v) is 6.26. The minimum absolute atomic E-state index is 0.00252. The number of hydrogen-bond donors (Lipinski definition) is 1. The predicted molar refractivity (Wildman–Crippen MR) is 82.7 cm³/mol. The Labute approximate surface area is 129 Å². The summed E-state index contributed by atoms with van der Waals surface area (Å²) in [5.74, 6) is -0.00252. The number of carbonyl (C=O) groups excluding carboxylic acids is 1. The fourth-order valence-corrected chi connectivity index (χ4v) is 3.89. The Morgan fingerprint density at radius 1 is 1.35 bits per heavy atom. The average Bonchev–Trinajstić information content (AvgIpc) is 2.84. The second-order valence-corrected chi connectivity index (χ2v) is 8.60. The minimum atomic E-state index is -3.69. The second kappa shape index (κ2) is 8.00. The lowest BCUT2D eigenvalue weighted by atomic mass is 10.1. The molecular formula is C13H20ClNO3S2. The number of carbonyl (C=O) groups is 1. The van der Waals surface area contributed by atoms with Gasteiger partial charge in [-0.3, -0.25) is 4.79 Å².